The average molecular weight is 391 g/mol. The van der Waals surface area contributed by atoms with Gasteiger partial charge in [-0.15, -0.1) is 11.3 Å². The van der Waals surface area contributed by atoms with Crippen LogP contribution >= 0.6 is 11.3 Å². The summed E-state index contributed by atoms with van der Waals surface area (Å²) in [6.45, 7) is 1.64. The topological polar surface area (TPSA) is 89.0 Å². The van der Waals surface area contributed by atoms with Gasteiger partial charge in [-0.05, 0) is 30.9 Å². The highest BCUT2D eigenvalue weighted by Gasteiger charge is 2.38. The quantitative estimate of drug-likeness (QED) is 0.726. The molecule has 0 aromatic carbocycles. The lowest BCUT2D eigenvalue weighted by Crippen LogP contribution is -2.36. The maximum Gasteiger partial charge on any atom is 0.254 e. The van der Waals surface area contributed by atoms with Crippen molar-refractivity contribution in [1.29, 1.82) is 0 Å². The number of sulfone groups is 1. The smallest absolute Gasteiger partial charge is 0.254 e. The number of carbonyl (C=O) groups excluding carboxylic acids is 1. The van der Waals surface area contributed by atoms with Crippen LogP contribution in [0.3, 0.4) is 0 Å². The van der Waals surface area contributed by atoms with E-state index >= 15 is 0 Å². The van der Waals surface area contributed by atoms with Crippen molar-refractivity contribution in [3.8, 4) is 0 Å². The Morgan fingerprint density at radius 3 is 2.96 bits per heavy atom. The number of aromatic nitrogens is 2. The molecule has 0 spiro atoms. The zero-order chi connectivity index (χ0) is 18.5. The first-order chi connectivity index (χ1) is 12.4. The van der Waals surface area contributed by atoms with Gasteiger partial charge in [0.2, 0.25) is 0 Å². The molecule has 0 saturated carbocycles. The summed E-state index contributed by atoms with van der Waals surface area (Å²) in [7, 11) is -3.35. The zero-order valence-corrected chi connectivity index (χ0v) is 15.3. The second kappa shape index (κ2) is 6.10. The van der Waals surface area contributed by atoms with Crippen LogP contribution in [0.2, 0.25) is 0 Å². The Labute approximate surface area is 153 Å². The molecule has 1 N–H and O–H groups in total. The maximum atomic E-state index is 13.3. The van der Waals surface area contributed by atoms with Gasteiger partial charge >= 0.3 is 0 Å². The maximum absolute atomic E-state index is 13.3. The molecule has 0 radical (unpaired) electrons. The van der Waals surface area contributed by atoms with Gasteiger partial charge in [0, 0.05) is 17.8 Å². The molecule has 1 aliphatic rings. The lowest BCUT2D eigenvalue weighted by Gasteiger charge is -2.28. The van der Waals surface area contributed by atoms with Gasteiger partial charge in [0.1, 0.15) is 15.5 Å². The first-order valence-electron chi connectivity index (χ1n) is 7.90. The summed E-state index contributed by atoms with van der Waals surface area (Å²) in [5.74, 6) is -0.929. The van der Waals surface area contributed by atoms with Crippen molar-refractivity contribution in [2.75, 3.05) is 0 Å². The normalized spacial score (nSPS) is 21.3. The van der Waals surface area contributed by atoms with Crippen LogP contribution in [0.1, 0.15) is 35.3 Å². The zero-order valence-electron chi connectivity index (χ0n) is 13.6. The van der Waals surface area contributed by atoms with Crippen molar-refractivity contribution in [3.63, 3.8) is 0 Å². The third-order valence-electron chi connectivity index (χ3n) is 4.48. The summed E-state index contributed by atoms with van der Waals surface area (Å²) in [5, 5.41) is 4.03. The van der Waals surface area contributed by atoms with Crippen LogP contribution in [-0.4, -0.2) is 29.5 Å². The molecule has 4 rings (SSSR count). The van der Waals surface area contributed by atoms with Gasteiger partial charge in [-0.25, -0.2) is 12.8 Å². The second-order valence-corrected chi connectivity index (χ2v) is 9.64. The Kier molecular flexibility index (Phi) is 4.00. The van der Waals surface area contributed by atoms with Crippen LogP contribution in [0.5, 0.6) is 0 Å². The van der Waals surface area contributed by atoms with Gasteiger partial charge < -0.3 is 5.32 Å². The van der Waals surface area contributed by atoms with Crippen molar-refractivity contribution >= 4 is 38.1 Å². The van der Waals surface area contributed by atoms with E-state index in [2.05, 4.69) is 15.3 Å². The number of hydrogen-bond acceptors (Lipinski definition) is 6. The summed E-state index contributed by atoms with van der Waals surface area (Å²) in [5.41, 5.74) is 1.47. The predicted octanol–water partition coefficient (Wildman–Crippen LogP) is 2.87. The minimum Gasteiger partial charge on any atom is -0.345 e. The number of amides is 1. The van der Waals surface area contributed by atoms with Crippen molar-refractivity contribution in [3.05, 3.63) is 52.9 Å². The Bertz CT molecular complexity index is 1130. The van der Waals surface area contributed by atoms with E-state index in [-0.39, 0.29) is 11.1 Å². The third-order valence-corrected chi connectivity index (χ3v) is 8.20. The fraction of sp³-hybridized carbons (Fsp3) is 0.235. The molecule has 1 aliphatic heterocycles. The van der Waals surface area contributed by atoms with Crippen LogP contribution in [0.15, 0.2) is 40.2 Å². The number of nitrogens with zero attached hydrogens (tertiary/aromatic N) is 2. The first kappa shape index (κ1) is 17.0. The largest absolute Gasteiger partial charge is 0.345 e. The fourth-order valence-corrected chi connectivity index (χ4v) is 6.36. The number of pyridine rings is 2. The Hall–Kier alpha value is -2.39. The summed E-state index contributed by atoms with van der Waals surface area (Å²) in [6, 6.07) is 4.05. The van der Waals surface area contributed by atoms with Crippen molar-refractivity contribution < 1.29 is 17.6 Å². The van der Waals surface area contributed by atoms with Crippen LogP contribution in [-0.2, 0) is 9.84 Å². The molecule has 134 valence electrons. The molecule has 0 unspecified atom stereocenters. The van der Waals surface area contributed by atoms with Gasteiger partial charge in [-0.1, -0.05) is 0 Å². The lowest BCUT2D eigenvalue weighted by atomic mass is 10.0. The summed E-state index contributed by atoms with van der Waals surface area (Å²) in [4.78, 5) is 20.8. The number of hydrogen-bond donors (Lipinski definition) is 1. The molecule has 0 saturated heterocycles. The number of halogens is 1. The Morgan fingerprint density at radius 2 is 2.15 bits per heavy atom. The van der Waals surface area contributed by atoms with Gasteiger partial charge in [0.05, 0.1) is 28.6 Å². The van der Waals surface area contributed by atoms with Crippen LogP contribution in [0, 0.1) is 5.82 Å². The van der Waals surface area contributed by atoms with Crippen molar-refractivity contribution in [1.82, 2.24) is 15.3 Å². The standard InChI is InChI=1S/C17H14FN3O3S2/c1-9-6-13(11-3-5-25-17(11)26(9,23)24)21-16(22)12-2-4-19-14-7-10(18)8-20-15(12)14/h2-5,7-9,13H,6H2,1H3,(H,21,22)/t9-,13-/m0/s1. The molecule has 0 bridgehead atoms. The molecule has 26 heavy (non-hydrogen) atoms. The van der Waals surface area contributed by atoms with Crippen molar-refractivity contribution in [2.45, 2.75) is 28.8 Å². The molecule has 4 heterocycles. The number of rotatable bonds is 2. The number of nitrogens with one attached hydrogen (secondary N) is 1. The highest BCUT2D eigenvalue weighted by atomic mass is 32.2. The summed E-state index contributed by atoms with van der Waals surface area (Å²) < 4.78 is 38.5. The minimum absolute atomic E-state index is 0.271. The van der Waals surface area contributed by atoms with E-state index in [1.165, 1.54) is 18.3 Å². The van der Waals surface area contributed by atoms with Gasteiger partial charge in [0.25, 0.3) is 5.91 Å². The Morgan fingerprint density at radius 1 is 1.35 bits per heavy atom. The molecule has 0 fully saturated rings. The van der Waals surface area contributed by atoms with E-state index < -0.39 is 32.9 Å². The summed E-state index contributed by atoms with van der Waals surface area (Å²) >= 11 is 1.16. The Balaban J connectivity index is 1.70. The first-order valence-corrected chi connectivity index (χ1v) is 10.3. The van der Waals surface area contributed by atoms with E-state index in [4.69, 9.17) is 0 Å². The van der Waals surface area contributed by atoms with E-state index in [9.17, 15) is 17.6 Å². The van der Waals surface area contributed by atoms with Gasteiger partial charge in [-0.2, -0.15) is 0 Å². The monoisotopic (exact) mass is 391 g/mol. The third kappa shape index (κ3) is 2.67. The average Bonchev–Trinajstić information content (AvgIpc) is 3.10. The molecule has 9 heteroatoms. The predicted molar refractivity (Wildman–Crippen MR) is 95.3 cm³/mol. The molecule has 3 aromatic rings. The van der Waals surface area contributed by atoms with E-state index in [1.54, 1.807) is 18.4 Å². The summed E-state index contributed by atoms with van der Waals surface area (Å²) in [6.07, 6.45) is 2.75. The SMILES string of the molecule is C[C@H]1C[C@H](NC(=O)c2ccnc3cc(F)cnc23)c2ccsc2S1(=O)=O. The molecular weight excluding hydrogens is 377 g/mol. The van der Waals surface area contributed by atoms with Crippen molar-refractivity contribution in [2.24, 2.45) is 0 Å². The number of fused-ring (bicyclic) bond motifs is 2. The molecular formula is C17H14FN3O3S2. The fourth-order valence-electron chi connectivity index (χ4n) is 3.12. The number of carbonyl (C=O) groups is 1. The van der Waals surface area contributed by atoms with Crippen LogP contribution in [0.25, 0.3) is 11.0 Å². The molecule has 2 atom stereocenters. The lowest BCUT2D eigenvalue weighted by molar-refractivity contribution is 0.0935. The highest BCUT2D eigenvalue weighted by molar-refractivity contribution is 7.94. The van der Waals surface area contributed by atoms with E-state index in [1.807, 2.05) is 0 Å². The molecule has 6 nitrogen and oxygen atoms in total. The minimum atomic E-state index is -3.35. The molecule has 1 amide bonds. The van der Waals surface area contributed by atoms with E-state index in [0.29, 0.717) is 21.7 Å². The highest BCUT2D eigenvalue weighted by Crippen LogP contribution is 2.39. The van der Waals surface area contributed by atoms with Crippen LogP contribution < -0.4 is 5.32 Å². The second-order valence-electron chi connectivity index (χ2n) is 6.16. The number of thiophene rings is 1. The van der Waals surface area contributed by atoms with Gasteiger partial charge in [0.15, 0.2) is 9.84 Å². The molecule has 0 aliphatic carbocycles. The van der Waals surface area contributed by atoms with Gasteiger partial charge in [-0.3, -0.25) is 14.8 Å². The van der Waals surface area contributed by atoms with Crippen LogP contribution in [0.4, 0.5) is 4.39 Å². The van der Waals surface area contributed by atoms with E-state index in [0.717, 1.165) is 17.5 Å². The molecule has 3 aromatic heterocycles.